The molecule has 0 fully saturated rings. The molecule has 3 nitrogen and oxygen atoms in total. The normalized spacial score (nSPS) is 16.5. The molecule has 16 heteroatoms. The molecule has 1 atom stereocenters. The monoisotopic (exact) mass is 493 g/mol. The Labute approximate surface area is 168 Å². The van der Waals surface area contributed by atoms with Gasteiger partial charge in [0.2, 0.25) is 5.91 Å². The highest BCUT2D eigenvalue weighted by atomic mass is 19.4. The van der Waals surface area contributed by atoms with Crippen LogP contribution in [0.3, 0.4) is 0 Å². The van der Waals surface area contributed by atoms with Crippen molar-refractivity contribution in [1.82, 2.24) is 0 Å². The van der Waals surface area contributed by atoms with Crippen molar-refractivity contribution < 1.29 is 66.5 Å². The zero-order chi connectivity index (χ0) is 25.3. The topological polar surface area (TPSA) is 44.5 Å². The number of ether oxygens (including phenoxy) is 2. The van der Waals surface area contributed by atoms with E-state index in [1.54, 1.807) is 0 Å². The van der Waals surface area contributed by atoms with E-state index in [1.165, 1.54) is 13.8 Å². The predicted molar refractivity (Wildman–Crippen MR) is 79.4 cm³/mol. The van der Waals surface area contributed by atoms with Crippen LogP contribution in [0.25, 0.3) is 0 Å². The lowest BCUT2D eigenvalue weighted by Crippen LogP contribution is -2.70. The van der Waals surface area contributed by atoms with Crippen molar-refractivity contribution in [2.24, 2.45) is 11.7 Å². The summed E-state index contributed by atoms with van der Waals surface area (Å²) >= 11 is 0. The average Bonchev–Trinajstić information content (AvgIpc) is 2.58. The maximum absolute atomic E-state index is 14.0. The van der Waals surface area contributed by atoms with Gasteiger partial charge in [-0.1, -0.05) is 6.92 Å². The molecule has 188 valence electrons. The van der Waals surface area contributed by atoms with Crippen LogP contribution in [0.15, 0.2) is 0 Å². The van der Waals surface area contributed by atoms with Gasteiger partial charge in [0.1, 0.15) is 0 Å². The van der Waals surface area contributed by atoms with Crippen molar-refractivity contribution in [2.75, 3.05) is 13.2 Å². The van der Waals surface area contributed by atoms with E-state index in [2.05, 4.69) is 0 Å². The van der Waals surface area contributed by atoms with Crippen LogP contribution in [0.5, 0.6) is 0 Å². The molecule has 0 saturated carbocycles. The van der Waals surface area contributed by atoms with E-state index in [9.17, 15) is 57.1 Å². The lowest BCUT2D eigenvalue weighted by molar-refractivity contribution is -0.443. The van der Waals surface area contributed by atoms with Gasteiger partial charge >= 0.3 is 35.8 Å². The van der Waals surface area contributed by atoms with Gasteiger partial charge in [-0.2, -0.15) is 57.1 Å². The number of halogens is 13. The molecule has 0 heterocycles. The molecule has 0 aliphatic heterocycles. The highest BCUT2D eigenvalue weighted by molar-refractivity contribution is 5.11. The molecule has 0 aromatic heterocycles. The van der Waals surface area contributed by atoms with Gasteiger partial charge in [0.15, 0.2) is 0 Å². The van der Waals surface area contributed by atoms with Gasteiger partial charge in [0.25, 0.3) is 0 Å². The van der Waals surface area contributed by atoms with E-state index in [-0.39, 0.29) is 20.1 Å². The zero-order valence-electron chi connectivity index (χ0n) is 16.2. The molecule has 0 amide bonds. The smallest absolute Gasteiger partial charge is 0.338 e. The Kier molecular flexibility index (Phi) is 8.77. The van der Waals surface area contributed by atoms with E-state index in [1.807, 2.05) is 0 Å². The minimum atomic E-state index is -7.92. The Morgan fingerprint density at radius 2 is 1.00 bits per heavy atom. The molecule has 0 aromatic carbocycles. The number of alkyl halides is 13. The maximum atomic E-state index is 14.0. The van der Waals surface area contributed by atoms with E-state index < -0.39 is 60.5 Å². The molecule has 0 aromatic rings. The first-order valence-electron chi connectivity index (χ1n) is 8.52. The molecule has 31 heavy (non-hydrogen) atoms. The van der Waals surface area contributed by atoms with Gasteiger partial charge in [-0.05, 0) is 20.3 Å². The average molecular weight is 493 g/mol. The predicted octanol–water partition coefficient (Wildman–Crippen LogP) is 5.83. The SMILES string of the molecule is CCOC(N)(CCC(C)C(F)(F)C(F)(F)C(F)(F)C(F)(F)C(F)(F)C(F)(F)F)OCC. The Morgan fingerprint density at radius 1 is 0.645 bits per heavy atom. The molecule has 0 aliphatic carbocycles. The fourth-order valence-corrected chi connectivity index (χ4v) is 2.36. The van der Waals surface area contributed by atoms with E-state index in [0.717, 1.165) is 0 Å². The molecule has 0 rings (SSSR count). The van der Waals surface area contributed by atoms with E-state index in [4.69, 9.17) is 15.2 Å². The second-order valence-corrected chi connectivity index (χ2v) is 6.54. The summed E-state index contributed by atoms with van der Waals surface area (Å²) in [5.74, 6) is -42.1. The van der Waals surface area contributed by atoms with Crippen molar-refractivity contribution in [3.8, 4) is 0 Å². The Balaban J connectivity index is 6.00. The van der Waals surface area contributed by atoms with Gasteiger partial charge in [-0.15, -0.1) is 0 Å². The van der Waals surface area contributed by atoms with Crippen molar-refractivity contribution in [2.45, 2.75) is 75.3 Å². The van der Waals surface area contributed by atoms with Gasteiger partial charge in [-0.3, -0.25) is 5.73 Å². The van der Waals surface area contributed by atoms with E-state index >= 15 is 0 Å². The number of hydrogen-bond donors (Lipinski definition) is 1. The largest absolute Gasteiger partial charge is 0.460 e. The van der Waals surface area contributed by atoms with Crippen LogP contribution in [-0.4, -0.2) is 54.9 Å². The summed E-state index contributed by atoms with van der Waals surface area (Å²) in [7, 11) is 0. The van der Waals surface area contributed by atoms with Crippen LogP contribution >= 0.6 is 0 Å². The zero-order valence-corrected chi connectivity index (χ0v) is 16.2. The molecule has 0 radical (unpaired) electrons. The number of rotatable bonds is 12. The first-order chi connectivity index (χ1) is 13.5. The van der Waals surface area contributed by atoms with Gasteiger partial charge < -0.3 is 9.47 Å². The van der Waals surface area contributed by atoms with Crippen LogP contribution < -0.4 is 5.73 Å². The van der Waals surface area contributed by atoms with Gasteiger partial charge in [0.05, 0.1) is 0 Å². The molecule has 0 spiro atoms. The third-order valence-corrected chi connectivity index (χ3v) is 4.28. The summed E-state index contributed by atoms with van der Waals surface area (Å²) in [6, 6.07) is 0. The lowest BCUT2D eigenvalue weighted by atomic mass is 9.86. The molecule has 1 unspecified atom stereocenters. The first kappa shape index (κ1) is 30.0. The molecule has 0 saturated heterocycles. The Hall–Kier alpha value is -1.03. The highest BCUT2D eigenvalue weighted by Crippen LogP contribution is 2.61. The van der Waals surface area contributed by atoms with Crippen LogP contribution in [0.4, 0.5) is 57.1 Å². The minimum absolute atomic E-state index is 0.155. The van der Waals surface area contributed by atoms with Crippen molar-refractivity contribution in [3.63, 3.8) is 0 Å². The second-order valence-electron chi connectivity index (χ2n) is 6.54. The minimum Gasteiger partial charge on any atom is -0.338 e. The quantitative estimate of drug-likeness (QED) is 0.275. The molecular formula is C15H20F13NO2. The second kappa shape index (κ2) is 9.08. The number of nitrogens with two attached hydrogens (primary N) is 1. The van der Waals surface area contributed by atoms with Crippen molar-refractivity contribution in [1.29, 1.82) is 0 Å². The Morgan fingerprint density at radius 3 is 1.32 bits per heavy atom. The third-order valence-electron chi connectivity index (χ3n) is 4.28. The standard InChI is InChI=1S/C15H20F13NO2/c1-4-30-9(29,31-5-2)7-6-8(3)10(16,17)11(18,19)12(20,21)13(22,23)14(24,25)15(26,27)28/h8H,4-7,29H2,1-3H3. The van der Waals surface area contributed by atoms with Crippen molar-refractivity contribution >= 4 is 0 Å². The third kappa shape index (κ3) is 5.15. The van der Waals surface area contributed by atoms with E-state index in [0.29, 0.717) is 0 Å². The van der Waals surface area contributed by atoms with Crippen LogP contribution in [0, 0.1) is 5.92 Å². The summed E-state index contributed by atoms with van der Waals surface area (Å²) in [4.78, 5) is 0. The molecular weight excluding hydrogens is 473 g/mol. The molecule has 0 bridgehead atoms. The Bertz CT molecular complexity index is 586. The summed E-state index contributed by atoms with van der Waals surface area (Å²) < 4.78 is 181. The first-order valence-corrected chi connectivity index (χ1v) is 8.52. The lowest BCUT2D eigenvalue weighted by Gasteiger charge is -2.41. The summed E-state index contributed by atoms with van der Waals surface area (Å²) in [5, 5.41) is 0. The fraction of sp³-hybridized carbons (Fsp3) is 1.00. The number of hydrogen-bond acceptors (Lipinski definition) is 3. The van der Waals surface area contributed by atoms with Crippen LogP contribution in [0.1, 0.15) is 33.6 Å². The molecule has 0 aliphatic rings. The summed E-state index contributed by atoms with van der Waals surface area (Å²) in [5.41, 5.74) is 5.51. The van der Waals surface area contributed by atoms with Gasteiger partial charge in [-0.25, -0.2) is 0 Å². The highest BCUT2D eigenvalue weighted by Gasteiger charge is 2.91. The summed E-state index contributed by atoms with van der Waals surface area (Å²) in [6.45, 7) is 2.50. The maximum Gasteiger partial charge on any atom is 0.460 e. The van der Waals surface area contributed by atoms with Crippen molar-refractivity contribution in [3.05, 3.63) is 0 Å². The van der Waals surface area contributed by atoms with Gasteiger partial charge in [0, 0.05) is 25.6 Å². The molecule has 2 N–H and O–H groups in total. The summed E-state index contributed by atoms with van der Waals surface area (Å²) in [6.07, 6.45) is -9.57. The van der Waals surface area contributed by atoms with Crippen LogP contribution in [0.2, 0.25) is 0 Å². The fourth-order valence-electron chi connectivity index (χ4n) is 2.36. The van der Waals surface area contributed by atoms with Crippen LogP contribution in [-0.2, 0) is 9.47 Å².